The van der Waals surface area contributed by atoms with Crippen molar-refractivity contribution in [3.8, 4) is 0 Å². The molecule has 3 aliphatic rings. The van der Waals surface area contributed by atoms with E-state index in [-0.39, 0.29) is 11.9 Å². The van der Waals surface area contributed by atoms with Crippen LogP contribution in [-0.4, -0.2) is 59.6 Å². The quantitative estimate of drug-likeness (QED) is 0.700. The van der Waals surface area contributed by atoms with Crippen molar-refractivity contribution >= 4 is 23.2 Å². The average molecular weight is 412 g/mol. The Morgan fingerprint density at radius 2 is 2.27 bits per heavy atom. The van der Waals surface area contributed by atoms with Crippen molar-refractivity contribution in [2.45, 2.75) is 19.1 Å². The van der Waals surface area contributed by atoms with Gasteiger partial charge < -0.3 is 14.5 Å². The van der Waals surface area contributed by atoms with Crippen LogP contribution in [0.1, 0.15) is 6.42 Å². The Hall–Kier alpha value is -3.43. The average Bonchev–Trinajstić information content (AvgIpc) is 3.47. The van der Waals surface area contributed by atoms with Gasteiger partial charge in [-0.05, 0) is 29.8 Å². The zero-order valence-electron chi connectivity index (χ0n) is 16.4. The second-order valence-electron chi connectivity index (χ2n) is 7.64. The number of oxime groups is 1. The second-order valence-corrected chi connectivity index (χ2v) is 7.64. The lowest BCUT2D eigenvalue weighted by Gasteiger charge is -2.21. The number of nitrogens with zero attached hydrogens (tertiary/aromatic N) is 6. The molecule has 2 aliphatic heterocycles. The molecule has 0 N–H and O–H groups in total. The predicted octanol–water partition coefficient (Wildman–Crippen LogP) is 2.21. The highest BCUT2D eigenvalue weighted by atomic mass is 19.1. The van der Waals surface area contributed by atoms with Crippen LogP contribution >= 0.6 is 0 Å². The normalized spacial score (nSPS) is 24.4. The molecule has 1 amide bonds. The van der Waals surface area contributed by atoms with Crippen molar-refractivity contribution in [1.82, 2.24) is 15.0 Å². The second kappa shape index (κ2) is 7.43. The van der Waals surface area contributed by atoms with Crippen molar-refractivity contribution < 1.29 is 18.8 Å². The van der Waals surface area contributed by atoms with Gasteiger partial charge in [-0.3, -0.25) is 4.90 Å². The number of aromatic nitrogens is 3. The molecule has 9 nitrogen and oxygen atoms in total. The lowest BCUT2D eigenvalue weighted by Crippen LogP contribution is -2.26. The van der Waals surface area contributed by atoms with Gasteiger partial charge in [-0.25, -0.2) is 13.9 Å². The standard InChI is InChI=1S/C20H21FN6O3/c1-29-23-15-6-13-9-25(10-14(13)7-15)19-3-2-16(8-18(19)21)27-12-17(30-20(27)28)11-26-5-4-22-24-26/h2-6,8,14,17H,7,9-12H2,1H3/t14?,17-/m0/s1. The molecule has 1 aromatic carbocycles. The molecule has 10 heteroatoms. The Bertz CT molecular complexity index is 1020. The SMILES string of the molecule is CON=C1C=C2CN(c3ccc(N4C[C@H](Cn5ccnn5)OC4=O)cc3F)CC2C1. The van der Waals surface area contributed by atoms with Crippen LogP contribution in [0.4, 0.5) is 20.6 Å². The fraction of sp³-hybridized carbons (Fsp3) is 0.400. The van der Waals surface area contributed by atoms with E-state index in [9.17, 15) is 9.18 Å². The van der Waals surface area contributed by atoms with E-state index in [0.29, 0.717) is 36.9 Å². The monoisotopic (exact) mass is 412 g/mol. The smallest absolute Gasteiger partial charge is 0.414 e. The van der Waals surface area contributed by atoms with Crippen LogP contribution in [0.5, 0.6) is 0 Å². The maximum atomic E-state index is 15.0. The van der Waals surface area contributed by atoms with E-state index in [4.69, 9.17) is 9.57 Å². The molecule has 5 rings (SSSR count). The maximum absolute atomic E-state index is 15.0. The summed E-state index contributed by atoms with van der Waals surface area (Å²) >= 11 is 0. The number of cyclic esters (lactones) is 1. The molecule has 3 heterocycles. The summed E-state index contributed by atoms with van der Waals surface area (Å²) in [6.07, 6.45) is 5.27. The van der Waals surface area contributed by atoms with Crippen LogP contribution in [0.3, 0.4) is 0 Å². The van der Waals surface area contributed by atoms with Gasteiger partial charge in [-0.2, -0.15) is 0 Å². The van der Waals surface area contributed by atoms with Crippen molar-refractivity contribution in [2.24, 2.45) is 11.1 Å². The summed E-state index contributed by atoms with van der Waals surface area (Å²) in [5, 5.41) is 11.6. The number of carbonyl (C=O) groups excluding carboxylic acids is 1. The Labute approximate surface area is 172 Å². The highest BCUT2D eigenvalue weighted by Crippen LogP contribution is 2.36. The fourth-order valence-corrected chi connectivity index (χ4v) is 4.33. The van der Waals surface area contributed by atoms with Gasteiger partial charge in [0.15, 0.2) is 0 Å². The number of anilines is 2. The van der Waals surface area contributed by atoms with Gasteiger partial charge in [0, 0.05) is 31.6 Å². The molecule has 2 aromatic rings. The van der Waals surface area contributed by atoms with Gasteiger partial charge in [-0.1, -0.05) is 10.4 Å². The molecular weight excluding hydrogens is 391 g/mol. The van der Waals surface area contributed by atoms with Crippen molar-refractivity contribution in [2.75, 3.05) is 36.5 Å². The summed E-state index contributed by atoms with van der Waals surface area (Å²) < 4.78 is 21.9. The minimum Gasteiger partial charge on any atom is -0.442 e. The third-order valence-corrected chi connectivity index (χ3v) is 5.68. The zero-order valence-corrected chi connectivity index (χ0v) is 16.4. The maximum Gasteiger partial charge on any atom is 0.414 e. The van der Waals surface area contributed by atoms with Crippen molar-refractivity contribution in [3.05, 3.63) is 48.1 Å². The minimum atomic E-state index is -0.488. The molecule has 156 valence electrons. The van der Waals surface area contributed by atoms with Gasteiger partial charge in [-0.15, -0.1) is 5.10 Å². The Balaban J connectivity index is 1.28. The largest absolute Gasteiger partial charge is 0.442 e. The van der Waals surface area contributed by atoms with E-state index in [0.717, 1.165) is 18.7 Å². The van der Waals surface area contributed by atoms with E-state index in [1.807, 2.05) is 11.0 Å². The molecule has 2 atom stereocenters. The van der Waals surface area contributed by atoms with Crippen LogP contribution in [0.15, 0.2) is 47.4 Å². The van der Waals surface area contributed by atoms with Gasteiger partial charge in [0.2, 0.25) is 0 Å². The lowest BCUT2D eigenvalue weighted by molar-refractivity contribution is 0.129. The number of allylic oxidation sites excluding steroid dienone is 1. The molecule has 2 fully saturated rings. The van der Waals surface area contributed by atoms with Gasteiger partial charge in [0.1, 0.15) is 19.0 Å². The van der Waals surface area contributed by atoms with E-state index < -0.39 is 6.09 Å². The van der Waals surface area contributed by atoms with Gasteiger partial charge in [0.25, 0.3) is 0 Å². The number of amides is 1. The molecule has 0 bridgehead atoms. The van der Waals surface area contributed by atoms with Gasteiger partial charge >= 0.3 is 6.09 Å². The van der Waals surface area contributed by atoms with Crippen LogP contribution in [-0.2, 0) is 16.1 Å². The summed E-state index contributed by atoms with van der Waals surface area (Å²) in [5.41, 5.74) is 3.19. The Morgan fingerprint density at radius 1 is 1.37 bits per heavy atom. The molecular formula is C20H21FN6O3. The first-order chi connectivity index (χ1) is 14.6. The third-order valence-electron chi connectivity index (χ3n) is 5.68. The number of carbonyl (C=O) groups is 1. The number of rotatable bonds is 5. The highest BCUT2D eigenvalue weighted by molar-refractivity contribution is 5.98. The minimum absolute atomic E-state index is 0.331. The first kappa shape index (κ1) is 18.6. The number of fused-ring (bicyclic) bond motifs is 1. The summed E-state index contributed by atoms with van der Waals surface area (Å²) in [7, 11) is 1.54. The predicted molar refractivity (Wildman–Crippen MR) is 107 cm³/mol. The molecule has 2 saturated heterocycles. The molecule has 0 saturated carbocycles. The number of halogens is 1. The summed E-state index contributed by atoms with van der Waals surface area (Å²) in [6.45, 7) is 2.13. The summed E-state index contributed by atoms with van der Waals surface area (Å²) in [4.78, 5) is 20.6. The van der Waals surface area contributed by atoms with Crippen LogP contribution in [0.25, 0.3) is 0 Å². The lowest BCUT2D eigenvalue weighted by atomic mass is 10.1. The molecule has 1 aliphatic carbocycles. The third kappa shape index (κ3) is 3.38. The Morgan fingerprint density at radius 3 is 3.00 bits per heavy atom. The van der Waals surface area contributed by atoms with Crippen LogP contribution < -0.4 is 9.80 Å². The molecule has 1 aromatic heterocycles. The number of ether oxygens (including phenoxy) is 1. The van der Waals surface area contributed by atoms with E-state index >= 15 is 0 Å². The highest BCUT2D eigenvalue weighted by Gasteiger charge is 2.35. The van der Waals surface area contributed by atoms with E-state index in [2.05, 4.69) is 15.5 Å². The van der Waals surface area contributed by atoms with Gasteiger partial charge in [0.05, 0.1) is 36.4 Å². The van der Waals surface area contributed by atoms with Crippen LogP contribution in [0, 0.1) is 11.7 Å². The number of hydrogen-bond acceptors (Lipinski definition) is 7. The molecule has 1 unspecified atom stereocenters. The number of benzene rings is 1. The van der Waals surface area contributed by atoms with E-state index in [1.54, 1.807) is 29.2 Å². The Kier molecular flexibility index (Phi) is 4.61. The first-order valence-corrected chi connectivity index (χ1v) is 9.78. The topological polar surface area (TPSA) is 85.1 Å². The zero-order chi connectivity index (χ0) is 20.7. The summed E-state index contributed by atoms with van der Waals surface area (Å²) in [6, 6.07) is 4.89. The molecule has 0 radical (unpaired) electrons. The van der Waals surface area contributed by atoms with Crippen LogP contribution in [0.2, 0.25) is 0 Å². The molecule has 0 spiro atoms. The summed E-state index contributed by atoms with van der Waals surface area (Å²) in [5.74, 6) is -0.0181. The van der Waals surface area contributed by atoms with Crippen molar-refractivity contribution in [3.63, 3.8) is 0 Å². The van der Waals surface area contributed by atoms with Crippen molar-refractivity contribution in [1.29, 1.82) is 0 Å². The number of hydrogen-bond donors (Lipinski definition) is 0. The fourth-order valence-electron chi connectivity index (χ4n) is 4.33. The first-order valence-electron chi connectivity index (χ1n) is 9.78. The molecule has 30 heavy (non-hydrogen) atoms. The van der Waals surface area contributed by atoms with E-state index in [1.165, 1.54) is 23.6 Å².